The van der Waals surface area contributed by atoms with Gasteiger partial charge in [0.1, 0.15) is 18.3 Å². The van der Waals surface area contributed by atoms with E-state index in [2.05, 4.69) is 20.2 Å². The summed E-state index contributed by atoms with van der Waals surface area (Å²) < 4.78 is 8.46. The first-order chi connectivity index (χ1) is 15.1. The topological polar surface area (TPSA) is 91.6 Å². The first-order valence-corrected chi connectivity index (χ1v) is 10.8. The fraction of sp³-hybridized carbons (Fsp3) is 0.136. The van der Waals surface area contributed by atoms with Crippen LogP contribution in [0.1, 0.15) is 11.5 Å². The van der Waals surface area contributed by atoms with Crippen LogP contribution in [0.4, 0.5) is 0 Å². The van der Waals surface area contributed by atoms with Crippen LogP contribution in [0.2, 0.25) is 0 Å². The van der Waals surface area contributed by atoms with Crippen LogP contribution >= 0.6 is 11.8 Å². The molecule has 0 N–H and O–H groups in total. The Labute approximate surface area is 181 Å². The second kappa shape index (κ2) is 7.84. The Morgan fingerprint density at radius 2 is 1.84 bits per heavy atom. The lowest BCUT2D eigenvalue weighted by Gasteiger charge is -2.05. The summed E-state index contributed by atoms with van der Waals surface area (Å²) in [5, 5.41) is 8.81. The van der Waals surface area contributed by atoms with Crippen molar-refractivity contribution in [3.8, 4) is 17.1 Å². The number of aromatic nitrogens is 6. The summed E-state index contributed by atoms with van der Waals surface area (Å²) >= 11 is 1.67. The zero-order valence-electron chi connectivity index (χ0n) is 16.9. The molecule has 0 fully saturated rings. The zero-order chi connectivity index (χ0) is 21.4. The molecule has 5 aromatic rings. The monoisotopic (exact) mass is 430 g/mol. The highest BCUT2D eigenvalue weighted by Crippen LogP contribution is 2.21. The Morgan fingerprint density at radius 1 is 1.06 bits per heavy atom. The van der Waals surface area contributed by atoms with Crippen molar-refractivity contribution in [2.24, 2.45) is 0 Å². The molecule has 0 aliphatic heterocycles. The van der Waals surface area contributed by atoms with E-state index in [1.165, 1.54) is 17.1 Å². The predicted octanol–water partition coefficient (Wildman–Crippen LogP) is 3.71. The molecule has 0 saturated carbocycles. The van der Waals surface area contributed by atoms with Gasteiger partial charge >= 0.3 is 0 Å². The van der Waals surface area contributed by atoms with Gasteiger partial charge in [-0.05, 0) is 49.6 Å². The first kappa shape index (κ1) is 19.3. The average molecular weight is 430 g/mol. The summed E-state index contributed by atoms with van der Waals surface area (Å²) in [5.74, 6) is 0.815. The van der Waals surface area contributed by atoms with E-state index in [0.717, 1.165) is 21.7 Å². The quantitative estimate of drug-likeness (QED) is 0.393. The molecule has 31 heavy (non-hydrogen) atoms. The predicted molar refractivity (Wildman–Crippen MR) is 118 cm³/mol. The van der Waals surface area contributed by atoms with Crippen molar-refractivity contribution in [1.29, 1.82) is 0 Å². The van der Waals surface area contributed by atoms with Gasteiger partial charge in [0.2, 0.25) is 11.7 Å². The molecular weight excluding hydrogens is 412 g/mol. The molecule has 0 spiro atoms. The fourth-order valence-electron chi connectivity index (χ4n) is 3.26. The van der Waals surface area contributed by atoms with Gasteiger partial charge < -0.3 is 4.52 Å². The number of thioether (sulfide) groups is 1. The van der Waals surface area contributed by atoms with Gasteiger partial charge in [0.15, 0.2) is 5.65 Å². The molecule has 2 aromatic carbocycles. The Balaban J connectivity index is 1.43. The molecule has 0 bridgehead atoms. The number of fused-ring (bicyclic) bond motifs is 1. The van der Waals surface area contributed by atoms with Gasteiger partial charge in [0.05, 0.1) is 11.9 Å². The summed E-state index contributed by atoms with van der Waals surface area (Å²) in [7, 11) is 0. The summed E-state index contributed by atoms with van der Waals surface area (Å²) in [6, 6.07) is 15.8. The minimum atomic E-state index is -0.215. The highest BCUT2D eigenvalue weighted by Gasteiger charge is 2.14. The van der Waals surface area contributed by atoms with Crippen LogP contribution in [-0.2, 0) is 6.54 Å². The molecule has 0 amide bonds. The summed E-state index contributed by atoms with van der Waals surface area (Å²) in [5.41, 5.74) is 3.14. The Morgan fingerprint density at radius 3 is 2.58 bits per heavy atom. The third-order valence-electron chi connectivity index (χ3n) is 4.95. The van der Waals surface area contributed by atoms with E-state index < -0.39 is 0 Å². The van der Waals surface area contributed by atoms with Gasteiger partial charge in [0, 0.05) is 10.5 Å². The van der Waals surface area contributed by atoms with Gasteiger partial charge in [-0.25, -0.2) is 9.67 Å². The van der Waals surface area contributed by atoms with E-state index in [1.807, 2.05) is 61.7 Å². The molecule has 3 heterocycles. The zero-order valence-corrected chi connectivity index (χ0v) is 17.7. The minimum absolute atomic E-state index is 0.132. The van der Waals surface area contributed by atoms with Crippen LogP contribution in [0, 0.1) is 6.92 Å². The molecule has 0 saturated heterocycles. The third kappa shape index (κ3) is 3.64. The van der Waals surface area contributed by atoms with Gasteiger partial charge in [-0.3, -0.25) is 9.36 Å². The highest BCUT2D eigenvalue weighted by molar-refractivity contribution is 7.98. The number of hydrogen-bond donors (Lipinski definition) is 0. The molecule has 8 nitrogen and oxygen atoms in total. The van der Waals surface area contributed by atoms with E-state index in [0.29, 0.717) is 22.7 Å². The van der Waals surface area contributed by atoms with Crippen LogP contribution in [0.5, 0.6) is 0 Å². The lowest BCUT2D eigenvalue weighted by atomic mass is 10.2. The highest BCUT2D eigenvalue weighted by atomic mass is 32.2. The van der Waals surface area contributed by atoms with E-state index in [-0.39, 0.29) is 12.1 Å². The maximum Gasteiger partial charge on any atom is 0.264 e. The average Bonchev–Trinajstić information content (AvgIpc) is 3.44. The second-order valence-electron chi connectivity index (χ2n) is 7.05. The van der Waals surface area contributed by atoms with Crippen LogP contribution in [-0.4, -0.2) is 35.7 Å². The standard InChI is InChI=1S/C22H18N6O2S/c1-14-3-7-16(8-4-14)28-21-18(11-24-28)22(29)27(13-23-21)12-19-25-20(26-30-19)15-5-9-17(31-2)10-6-15/h3-11,13H,12H2,1-2H3. The number of hydrogen-bond acceptors (Lipinski definition) is 7. The van der Waals surface area contributed by atoms with Crippen LogP contribution in [0.15, 0.2) is 75.3 Å². The summed E-state index contributed by atoms with van der Waals surface area (Å²) in [4.78, 5) is 23.0. The van der Waals surface area contributed by atoms with E-state index in [1.54, 1.807) is 16.4 Å². The van der Waals surface area contributed by atoms with Crippen LogP contribution in [0.3, 0.4) is 0 Å². The maximum absolute atomic E-state index is 13.0. The van der Waals surface area contributed by atoms with Gasteiger partial charge in [-0.15, -0.1) is 11.8 Å². The number of rotatable bonds is 5. The molecular formula is C22H18N6O2S. The Hall–Kier alpha value is -3.72. The fourth-order valence-corrected chi connectivity index (χ4v) is 3.67. The Bertz CT molecular complexity index is 1420. The van der Waals surface area contributed by atoms with Gasteiger partial charge in [-0.2, -0.15) is 10.1 Å². The van der Waals surface area contributed by atoms with Crippen LogP contribution in [0.25, 0.3) is 28.1 Å². The number of nitrogens with zero attached hydrogens (tertiary/aromatic N) is 6. The molecule has 0 aliphatic rings. The molecule has 0 unspecified atom stereocenters. The minimum Gasteiger partial charge on any atom is -0.337 e. The van der Waals surface area contributed by atoms with E-state index in [4.69, 9.17) is 4.52 Å². The number of aryl methyl sites for hydroxylation is 1. The van der Waals surface area contributed by atoms with Crippen LogP contribution < -0.4 is 5.56 Å². The van der Waals surface area contributed by atoms with Crippen molar-refractivity contribution in [2.45, 2.75) is 18.4 Å². The molecule has 0 aliphatic carbocycles. The molecule has 0 atom stereocenters. The van der Waals surface area contributed by atoms with E-state index >= 15 is 0 Å². The SMILES string of the molecule is CSc1ccc(-c2noc(Cn3cnc4c(cnn4-c4ccc(C)cc4)c3=O)n2)cc1. The summed E-state index contributed by atoms with van der Waals surface area (Å²) in [6.45, 7) is 2.15. The number of benzene rings is 2. The van der Waals surface area contributed by atoms with Crippen molar-refractivity contribution in [3.05, 3.63) is 82.9 Å². The molecule has 9 heteroatoms. The van der Waals surface area contributed by atoms with Gasteiger partial charge in [0.25, 0.3) is 5.56 Å². The third-order valence-corrected chi connectivity index (χ3v) is 5.70. The van der Waals surface area contributed by atoms with E-state index in [9.17, 15) is 4.79 Å². The Kier molecular flexibility index (Phi) is 4.87. The lowest BCUT2D eigenvalue weighted by Crippen LogP contribution is -2.21. The largest absolute Gasteiger partial charge is 0.337 e. The summed E-state index contributed by atoms with van der Waals surface area (Å²) in [6.07, 6.45) is 5.04. The van der Waals surface area contributed by atoms with Crippen molar-refractivity contribution < 1.29 is 4.52 Å². The second-order valence-corrected chi connectivity index (χ2v) is 7.93. The maximum atomic E-state index is 13.0. The van der Waals surface area contributed by atoms with Crippen molar-refractivity contribution in [2.75, 3.05) is 6.26 Å². The molecule has 154 valence electrons. The lowest BCUT2D eigenvalue weighted by molar-refractivity contribution is 0.369. The smallest absolute Gasteiger partial charge is 0.264 e. The van der Waals surface area contributed by atoms with Gasteiger partial charge in [-0.1, -0.05) is 22.9 Å². The first-order valence-electron chi connectivity index (χ1n) is 9.59. The van der Waals surface area contributed by atoms with Crippen molar-refractivity contribution in [1.82, 2.24) is 29.5 Å². The van der Waals surface area contributed by atoms with Crippen molar-refractivity contribution >= 4 is 22.8 Å². The molecule has 0 radical (unpaired) electrons. The molecule has 5 rings (SSSR count). The molecule has 3 aromatic heterocycles. The normalized spacial score (nSPS) is 11.3. The van der Waals surface area contributed by atoms with Crippen molar-refractivity contribution in [3.63, 3.8) is 0 Å².